The average Bonchev–Trinajstić information content (AvgIpc) is 3.31. The molecule has 47 heavy (non-hydrogen) atoms. The van der Waals surface area contributed by atoms with Gasteiger partial charge in [-0.25, -0.2) is 18.6 Å². The van der Waals surface area contributed by atoms with E-state index in [2.05, 4.69) is 9.88 Å². The Kier molecular flexibility index (Phi) is 7.27. The third-order valence-electron chi connectivity index (χ3n) is 10.8. The number of benzene rings is 1. The number of hydrogen-bond donors (Lipinski definition) is 1. The van der Waals surface area contributed by atoms with Crippen LogP contribution in [0.2, 0.25) is 5.02 Å². The zero-order valence-corrected chi connectivity index (χ0v) is 27.8. The van der Waals surface area contributed by atoms with Crippen molar-refractivity contribution in [2.45, 2.75) is 76.3 Å². The maximum absolute atomic E-state index is 14.1. The Hall–Kier alpha value is -3.41. The molecule has 3 aromatic heterocycles. The first kappa shape index (κ1) is 30.9. The standard InChI is InChI=1S/C35H35ClF2N4O4S/c1-18-9-25(30-29(39-18)27(17-47-30)33(44)45)24-10-22(36)3-4-28(24)46-8-7-42-19(2)40-31-26(32(42)43)11-23(14-34(31)5-6-34)41-15-20-12-35(37,38)13-21(20)16-41/h3-4,9-10,17,20-21,23H,5-8,11-16H2,1-2H3,(H,44,45)/t20-,21+,23-/m1/s1. The van der Waals surface area contributed by atoms with Gasteiger partial charge in [-0.05, 0) is 75.6 Å². The highest BCUT2D eigenvalue weighted by atomic mass is 35.5. The summed E-state index contributed by atoms with van der Waals surface area (Å²) in [7, 11) is 0. The van der Waals surface area contributed by atoms with Gasteiger partial charge in [0.15, 0.2) is 0 Å². The van der Waals surface area contributed by atoms with Crippen molar-refractivity contribution < 1.29 is 23.4 Å². The van der Waals surface area contributed by atoms with Gasteiger partial charge in [-0.15, -0.1) is 11.3 Å². The number of aryl methyl sites for hydroxylation is 2. The molecule has 0 radical (unpaired) electrons. The second kappa shape index (κ2) is 11.1. The summed E-state index contributed by atoms with van der Waals surface area (Å²) < 4.78 is 36.8. The summed E-state index contributed by atoms with van der Waals surface area (Å²) in [6.07, 6.45) is 3.51. The van der Waals surface area contributed by atoms with E-state index < -0.39 is 11.9 Å². The molecule has 3 aliphatic carbocycles. The van der Waals surface area contributed by atoms with E-state index >= 15 is 0 Å². The molecule has 1 aromatic carbocycles. The van der Waals surface area contributed by atoms with Gasteiger partial charge in [0, 0.05) is 70.2 Å². The molecule has 4 heterocycles. The van der Waals surface area contributed by atoms with Crippen LogP contribution in [0.5, 0.6) is 5.75 Å². The van der Waals surface area contributed by atoms with Gasteiger partial charge in [-0.1, -0.05) is 11.6 Å². The van der Waals surface area contributed by atoms with Gasteiger partial charge in [0.2, 0.25) is 5.92 Å². The van der Waals surface area contributed by atoms with Crippen molar-refractivity contribution in [3.05, 3.63) is 73.4 Å². The molecule has 8 rings (SSSR count). The van der Waals surface area contributed by atoms with E-state index in [0.717, 1.165) is 40.8 Å². The summed E-state index contributed by atoms with van der Waals surface area (Å²) in [6, 6.07) is 7.39. The van der Waals surface area contributed by atoms with Gasteiger partial charge < -0.3 is 9.84 Å². The Bertz CT molecular complexity index is 1990. The van der Waals surface area contributed by atoms with Gasteiger partial charge in [-0.3, -0.25) is 19.2 Å². The maximum atomic E-state index is 14.1. The van der Waals surface area contributed by atoms with Crippen LogP contribution < -0.4 is 10.3 Å². The summed E-state index contributed by atoms with van der Waals surface area (Å²) >= 11 is 7.74. The molecule has 2 saturated carbocycles. The smallest absolute Gasteiger partial charge is 0.338 e. The molecule has 4 aliphatic rings. The van der Waals surface area contributed by atoms with Crippen molar-refractivity contribution in [1.29, 1.82) is 0 Å². The van der Waals surface area contributed by atoms with Crippen molar-refractivity contribution in [1.82, 2.24) is 19.4 Å². The summed E-state index contributed by atoms with van der Waals surface area (Å²) in [4.78, 5) is 37.8. The lowest BCUT2D eigenvalue weighted by Gasteiger charge is -2.37. The zero-order valence-electron chi connectivity index (χ0n) is 26.2. The Balaban J connectivity index is 1.05. The van der Waals surface area contributed by atoms with Crippen LogP contribution in [0.25, 0.3) is 21.3 Å². The molecule has 8 nitrogen and oxygen atoms in total. The second-order valence-electron chi connectivity index (χ2n) is 14.0. The largest absolute Gasteiger partial charge is 0.491 e. The molecule has 3 atom stereocenters. The number of nitrogens with zero attached hydrogens (tertiary/aromatic N) is 4. The number of thiophene rings is 1. The van der Waals surface area contributed by atoms with Crippen molar-refractivity contribution in [3.63, 3.8) is 0 Å². The fourth-order valence-electron chi connectivity index (χ4n) is 8.45. The first-order chi connectivity index (χ1) is 22.4. The van der Waals surface area contributed by atoms with Crippen LogP contribution in [-0.2, 0) is 18.4 Å². The molecule has 0 bridgehead atoms. The SMILES string of the molecule is Cc1cc(-c2cc(Cl)ccc2OCCn2c(C)nc3c(c2=O)C[C@@H](N2C[C@@H]4CC(F)(F)C[C@@H]4C2)CC32CC2)c2scc(C(=O)O)c2n1. The molecule has 246 valence electrons. The average molecular weight is 681 g/mol. The van der Waals surface area contributed by atoms with Gasteiger partial charge in [0.1, 0.15) is 18.2 Å². The van der Waals surface area contributed by atoms with E-state index in [1.165, 1.54) is 11.3 Å². The van der Waals surface area contributed by atoms with Crippen LogP contribution in [0.3, 0.4) is 0 Å². The molecule has 4 aromatic rings. The van der Waals surface area contributed by atoms with E-state index in [-0.39, 0.29) is 53.9 Å². The number of rotatable bonds is 7. The quantitative estimate of drug-likeness (QED) is 0.227. The van der Waals surface area contributed by atoms with Gasteiger partial charge in [-0.2, -0.15) is 0 Å². The number of carbonyl (C=O) groups is 1. The van der Waals surface area contributed by atoms with Crippen LogP contribution in [0, 0.1) is 25.7 Å². The normalized spacial score (nSPS) is 24.1. The predicted octanol–water partition coefficient (Wildman–Crippen LogP) is 6.89. The molecule has 1 N–H and O–H groups in total. The van der Waals surface area contributed by atoms with Crippen LogP contribution >= 0.6 is 22.9 Å². The lowest BCUT2D eigenvalue weighted by Crippen LogP contribution is -2.46. The number of fused-ring (bicyclic) bond motifs is 4. The highest BCUT2D eigenvalue weighted by Gasteiger charge is 2.56. The highest BCUT2D eigenvalue weighted by Crippen LogP contribution is 2.56. The Labute approximate surface area is 279 Å². The Morgan fingerprint density at radius 3 is 2.55 bits per heavy atom. The monoisotopic (exact) mass is 680 g/mol. The number of likely N-dealkylation sites (tertiary alicyclic amines) is 1. The van der Waals surface area contributed by atoms with E-state index in [1.807, 2.05) is 19.9 Å². The van der Waals surface area contributed by atoms with Crippen molar-refractivity contribution in [3.8, 4) is 16.9 Å². The van der Waals surface area contributed by atoms with Crippen LogP contribution in [0.15, 0.2) is 34.4 Å². The number of halogens is 3. The number of aromatic carboxylic acids is 1. The lowest BCUT2D eigenvalue weighted by atomic mass is 9.80. The van der Waals surface area contributed by atoms with Gasteiger partial charge in [0.25, 0.3) is 5.56 Å². The maximum Gasteiger partial charge on any atom is 0.338 e. The molecule has 1 aliphatic heterocycles. The molecule has 1 spiro atoms. The fraction of sp³-hybridized carbons (Fsp3) is 0.486. The van der Waals surface area contributed by atoms with Crippen LogP contribution in [0.4, 0.5) is 8.78 Å². The van der Waals surface area contributed by atoms with Crippen LogP contribution in [-0.4, -0.2) is 62.2 Å². The van der Waals surface area contributed by atoms with E-state index in [1.54, 1.807) is 28.1 Å². The minimum absolute atomic E-state index is 0.0200. The molecule has 0 unspecified atom stereocenters. The number of hydrogen-bond acceptors (Lipinski definition) is 7. The molecule has 3 fully saturated rings. The zero-order chi connectivity index (χ0) is 32.8. The Morgan fingerprint density at radius 2 is 1.85 bits per heavy atom. The van der Waals surface area contributed by atoms with E-state index in [4.69, 9.17) is 21.3 Å². The van der Waals surface area contributed by atoms with Gasteiger partial charge >= 0.3 is 5.97 Å². The number of ether oxygens (including phenoxy) is 1. The fourth-order valence-corrected chi connectivity index (χ4v) is 9.64. The molecule has 1 saturated heterocycles. The number of pyridine rings is 1. The number of aromatic nitrogens is 3. The Morgan fingerprint density at radius 1 is 1.11 bits per heavy atom. The van der Waals surface area contributed by atoms with Crippen molar-refractivity contribution >= 4 is 39.1 Å². The number of carboxylic acid groups (broad SMARTS) is 1. The summed E-state index contributed by atoms with van der Waals surface area (Å²) in [6.45, 7) is 5.56. The topological polar surface area (TPSA) is 97.6 Å². The highest BCUT2D eigenvalue weighted by molar-refractivity contribution is 7.18. The second-order valence-corrected chi connectivity index (χ2v) is 15.3. The first-order valence-electron chi connectivity index (χ1n) is 16.2. The van der Waals surface area contributed by atoms with Crippen LogP contribution in [0.1, 0.15) is 65.2 Å². The number of carboxylic acids is 1. The van der Waals surface area contributed by atoms with Gasteiger partial charge in [0.05, 0.1) is 28.0 Å². The predicted molar refractivity (Wildman–Crippen MR) is 176 cm³/mol. The number of alkyl halides is 2. The first-order valence-corrected chi connectivity index (χ1v) is 17.4. The minimum Gasteiger partial charge on any atom is -0.491 e. The molecular weight excluding hydrogens is 646 g/mol. The lowest BCUT2D eigenvalue weighted by molar-refractivity contribution is -0.00460. The molecule has 0 amide bonds. The van der Waals surface area contributed by atoms with E-state index in [9.17, 15) is 23.5 Å². The molecule has 12 heteroatoms. The van der Waals surface area contributed by atoms with E-state index in [0.29, 0.717) is 59.4 Å². The summed E-state index contributed by atoms with van der Waals surface area (Å²) in [5.41, 5.74) is 4.32. The third kappa shape index (κ3) is 5.34. The summed E-state index contributed by atoms with van der Waals surface area (Å²) in [5, 5.41) is 11.8. The van der Waals surface area contributed by atoms with Crippen molar-refractivity contribution in [2.24, 2.45) is 11.8 Å². The minimum atomic E-state index is -2.54. The van der Waals surface area contributed by atoms with Crippen molar-refractivity contribution in [2.75, 3.05) is 19.7 Å². The molecular formula is C35H35ClF2N4O4S. The summed E-state index contributed by atoms with van der Waals surface area (Å²) in [5.74, 6) is -2.28. The third-order valence-corrected chi connectivity index (χ3v) is 12.0.